The van der Waals surface area contributed by atoms with Crippen LogP contribution >= 0.6 is 0 Å². The Morgan fingerprint density at radius 2 is 0.690 bits per heavy atom. The molecule has 13 aromatic rings. The summed E-state index contributed by atoms with van der Waals surface area (Å²) in [5.74, 6) is 0. The molecule has 0 fully saturated rings. The Hall–Kier alpha value is -9.44. The second kappa shape index (κ2) is 17.9. The maximum absolute atomic E-state index is 2.44. The van der Waals surface area contributed by atoms with Gasteiger partial charge >= 0.3 is 0 Å². The molecule has 0 atom stereocenters. The summed E-state index contributed by atoms with van der Waals surface area (Å²) < 4.78 is 2.38. The van der Waals surface area contributed by atoms with Gasteiger partial charge in [-0.3, -0.25) is 0 Å². The first-order chi connectivity index (χ1) is 35.2. The van der Waals surface area contributed by atoms with Crippen LogP contribution in [0.5, 0.6) is 0 Å². The first-order valence-electron chi connectivity index (χ1n) is 24.3. The number of aromatic nitrogens is 1. The number of hydrogen-bond donors (Lipinski definition) is 0. The van der Waals surface area contributed by atoms with E-state index in [2.05, 4.69) is 299 Å². The fourth-order valence-electron chi connectivity index (χ4n) is 10.5. The van der Waals surface area contributed by atoms with E-state index in [9.17, 15) is 0 Å². The molecule has 0 aliphatic rings. The minimum atomic E-state index is 1.08. The van der Waals surface area contributed by atoms with Crippen molar-refractivity contribution in [2.45, 2.75) is 0 Å². The maximum Gasteiger partial charge on any atom is 0.0542 e. The summed E-state index contributed by atoms with van der Waals surface area (Å²) in [6.07, 6.45) is 0. The smallest absolute Gasteiger partial charge is 0.0542 e. The van der Waals surface area contributed by atoms with E-state index < -0.39 is 0 Å². The number of anilines is 6. The van der Waals surface area contributed by atoms with Crippen molar-refractivity contribution in [3.05, 3.63) is 285 Å². The van der Waals surface area contributed by atoms with E-state index in [1.165, 1.54) is 71.2 Å². The van der Waals surface area contributed by atoms with Crippen LogP contribution in [0.1, 0.15) is 0 Å². The molecule has 0 spiro atoms. The molecule has 0 radical (unpaired) electrons. The van der Waals surface area contributed by atoms with Gasteiger partial charge in [-0.2, -0.15) is 0 Å². The fraction of sp³-hybridized carbons (Fsp3) is 0. The van der Waals surface area contributed by atoms with Gasteiger partial charge in [-0.15, -0.1) is 0 Å². The van der Waals surface area contributed by atoms with Crippen LogP contribution in [-0.4, -0.2) is 4.57 Å². The molecule has 1 aromatic heterocycles. The van der Waals surface area contributed by atoms with Gasteiger partial charge in [-0.1, -0.05) is 194 Å². The molecular weight excluding hydrogens is 859 g/mol. The molecule has 334 valence electrons. The Labute approximate surface area is 414 Å². The summed E-state index contributed by atoms with van der Waals surface area (Å²) >= 11 is 0. The molecule has 3 nitrogen and oxygen atoms in total. The molecule has 1 heterocycles. The van der Waals surface area contributed by atoms with E-state index in [0.717, 1.165) is 45.4 Å². The van der Waals surface area contributed by atoms with Gasteiger partial charge in [-0.25, -0.2) is 0 Å². The number of fused-ring (bicyclic) bond motifs is 5. The highest BCUT2D eigenvalue weighted by molar-refractivity contribution is 6.12. The minimum absolute atomic E-state index is 1.08. The number of rotatable bonds is 10. The van der Waals surface area contributed by atoms with Crippen LogP contribution in [0.25, 0.3) is 82.4 Å². The monoisotopic (exact) mass is 905 g/mol. The summed E-state index contributed by atoms with van der Waals surface area (Å²) in [5.41, 5.74) is 17.2. The van der Waals surface area contributed by atoms with Crippen molar-refractivity contribution in [2.75, 3.05) is 9.80 Å². The summed E-state index contributed by atoms with van der Waals surface area (Å²) in [5, 5.41) is 7.21. The van der Waals surface area contributed by atoms with Crippen LogP contribution in [0.4, 0.5) is 34.1 Å². The Morgan fingerprint density at radius 1 is 0.239 bits per heavy atom. The van der Waals surface area contributed by atoms with Crippen LogP contribution in [0, 0.1) is 0 Å². The minimum Gasteiger partial charge on any atom is -0.311 e. The lowest BCUT2D eigenvalue weighted by Gasteiger charge is -2.28. The van der Waals surface area contributed by atoms with Crippen molar-refractivity contribution < 1.29 is 0 Å². The molecule has 0 saturated heterocycles. The lowest BCUT2D eigenvalue weighted by atomic mass is 9.95. The van der Waals surface area contributed by atoms with Gasteiger partial charge in [0.1, 0.15) is 0 Å². The van der Waals surface area contributed by atoms with Gasteiger partial charge in [-0.05, 0) is 141 Å². The van der Waals surface area contributed by atoms with E-state index >= 15 is 0 Å². The quantitative estimate of drug-likeness (QED) is 0.135. The third-order valence-electron chi connectivity index (χ3n) is 14.0. The van der Waals surface area contributed by atoms with E-state index in [0.29, 0.717) is 0 Å². The molecule has 12 aromatic carbocycles. The molecule has 0 unspecified atom stereocenters. The van der Waals surface area contributed by atoms with Gasteiger partial charge in [0.05, 0.1) is 16.7 Å². The lowest BCUT2D eigenvalue weighted by molar-refractivity contribution is 1.18. The van der Waals surface area contributed by atoms with Crippen molar-refractivity contribution in [2.24, 2.45) is 0 Å². The second-order valence-electron chi connectivity index (χ2n) is 18.1. The number of para-hydroxylation sites is 2. The largest absolute Gasteiger partial charge is 0.311 e. The molecule has 0 aliphatic heterocycles. The maximum atomic E-state index is 2.44. The molecule has 0 amide bonds. The van der Waals surface area contributed by atoms with Crippen LogP contribution in [0.3, 0.4) is 0 Å². The van der Waals surface area contributed by atoms with Crippen molar-refractivity contribution in [3.63, 3.8) is 0 Å². The first kappa shape index (κ1) is 41.7. The highest BCUT2D eigenvalue weighted by Gasteiger charge is 2.21. The zero-order valence-electron chi connectivity index (χ0n) is 39.0. The molecule has 0 aliphatic carbocycles. The molecule has 0 saturated carbocycles. The molecule has 0 N–H and O–H groups in total. The van der Waals surface area contributed by atoms with E-state index in [1.54, 1.807) is 0 Å². The van der Waals surface area contributed by atoms with Crippen LogP contribution in [0.2, 0.25) is 0 Å². The van der Waals surface area contributed by atoms with Crippen molar-refractivity contribution in [1.82, 2.24) is 4.57 Å². The normalized spacial score (nSPS) is 11.4. The number of nitrogens with zero attached hydrogens (tertiary/aromatic N) is 3. The molecule has 3 heteroatoms. The van der Waals surface area contributed by atoms with Crippen LogP contribution < -0.4 is 9.80 Å². The van der Waals surface area contributed by atoms with Crippen molar-refractivity contribution in [1.29, 1.82) is 0 Å². The van der Waals surface area contributed by atoms with Crippen molar-refractivity contribution in [3.8, 4) is 39.1 Å². The first-order valence-corrected chi connectivity index (χ1v) is 24.3. The van der Waals surface area contributed by atoms with Gasteiger partial charge in [0.25, 0.3) is 0 Å². The Bertz CT molecular complexity index is 3930. The lowest BCUT2D eigenvalue weighted by Crippen LogP contribution is -2.11. The summed E-state index contributed by atoms with van der Waals surface area (Å²) in [4.78, 5) is 4.80. The average Bonchev–Trinajstić information content (AvgIpc) is 3.78. The zero-order chi connectivity index (χ0) is 47.1. The number of hydrogen-bond acceptors (Lipinski definition) is 2. The van der Waals surface area contributed by atoms with Gasteiger partial charge in [0, 0.05) is 50.3 Å². The second-order valence-corrected chi connectivity index (χ2v) is 18.1. The SMILES string of the molecule is c1ccc(-c2ccc(N(c3ccc(-c4ccccc4)cc3)c3ccc(-c4ccc(N(c5ccc6ccccc6c5)c5ccc6c(c5)c5ccccc5n6-c5ccccc5)c5ccccc45)cc3)cc2)cc1. The topological polar surface area (TPSA) is 11.4 Å². The van der Waals surface area contributed by atoms with E-state index in [4.69, 9.17) is 0 Å². The van der Waals surface area contributed by atoms with E-state index in [1.807, 2.05) is 0 Å². The highest BCUT2D eigenvalue weighted by atomic mass is 15.1. The van der Waals surface area contributed by atoms with Gasteiger partial charge in [0.2, 0.25) is 0 Å². The molecule has 71 heavy (non-hydrogen) atoms. The predicted octanol–water partition coefficient (Wildman–Crippen LogP) is 19.0. The Morgan fingerprint density at radius 3 is 1.32 bits per heavy atom. The standard InChI is InChI=1S/C68H47N3/c1-4-16-48(17-5-1)51-28-35-56(36-29-51)69(57-37-30-52(31-38-57)49-18-6-2-7-19-49)58-39-33-53(34-40-58)61-43-45-67(63-25-13-12-24-62(61)63)70(59-41-32-50-20-10-11-21-54(50)46-59)60-42-44-68-65(47-60)64-26-14-15-27-66(64)71(68)55-22-8-3-9-23-55/h1-47H. The van der Waals surface area contributed by atoms with Gasteiger partial charge < -0.3 is 14.4 Å². The van der Waals surface area contributed by atoms with Gasteiger partial charge in [0.15, 0.2) is 0 Å². The molecule has 13 rings (SSSR count). The highest BCUT2D eigenvalue weighted by Crippen LogP contribution is 2.45. The van der Waals surface area contributed by atoms with Crippen LogP contribution in [0.15, 0.2) is 285 Å². The van der Waals surface area contributed by atoms with Crippen molar-refractivity contribution >= 4 is 77.5 Å². The molecular formula is C68H47N3. The predicted molar refractivity (Wildman–Crippen MR) is 301 cm³/mol. The summed E-state index contributed by atoms with van der Waals surface area (Å²) in [6, 6.07) is 103. The average molecular weight is 906 g/mol. The summed E-state index contributed by atoms with van der Waals surface area (Å²) in [6.45, 7) is 0. The zero-order valence-corrected chi connectivity index (χ0v) is 39.0. The Balaban J connectivity index is 0.920. The Kier molecular flexibility index (Phi) is 10.5. The number of benzene rings is 12. The summed E-state index contributed by atoms with van der Waals surface area (Å²) in [7, 11) is 0. The van der Waals surface area contributed by atoms with Crippen LogP contribution in [-0.2, 0) is 0 Å². The third-order valence-corrected chi connectivity index (χ3v) is 14.0. The third kappa shape index (κ3) is 7.67. The fourth-order valence-corrected chi connectivity index (χ4v) is 10.5. The molecule has 0 bridgehead atoms. The van der Waals surface area contributed by atoms with E-state index in [-0.39, 0.29) is 0 Å².